The molecule has 1 atom stereocenters. The first-order chi connectivity index (χ1) is 6.88. The molecule has 1 fully saturated rings. The lowest BCUT2D eigenvalue weighted by Gasteiger charge is -2.30. The van der Waals surface area contributed by atoms with Crippen molar-refractivity contribution in [1.29, 1.82) is 0 Å². The molecule has 15 heavy (non-hydrogen) atoms. The second-order valence-corrected chi connectivity index (χ2v) is 3.52. The molecule has 2 amide bonds. The zero-order valence-electron chi connectivity index (χ0n) is 8.05. The molecule has 1 rings (SSSR count). The van der Waals surface area contributed by atoms with Crippen molar-refractivity contribution in [2.24, 2.45) is 0 Å². The van der Waals surface area contributed by atoms with Gasteiger partial charge in [0.25, 0.3) is 0 Å². The highest BCUT2D eigenvalue weighted by Gasteiger charge is 2.29. The fourth-order valence-electron chi connectivity index (χ4n) is 1.43. The number of urea groups is 1. The summed E-state index contributed by atoms with van der Waals surface area (Å²) in [7, 11) is 0. The smallest absolute Gasteiger partial charge is 0.391 e. The number of amides is 2. The Hall–Kier alpha value is -0.980. The summed E-state index contributed by atoms with van der Waals surface area (Å²) in [6.45, 7) is -0.844. The van der Waals surface area contributed by atoms with E-state index < -0.39 is 24.9 Å². The lowest BCUT2D eigenvalue weighted by Crippen LogP contribution is -2.49. The molecule has 4 nitrogen and oxygen atoms in total. The molecule has 1 aliphatic heterocycles. The number of carbonyl (C=O) groups excluding carboxylic acids is 1. The molecule has 0 aromatic heterocycles. The maximum Gasteiger partial charge on any atom is 0.405 e. The molecule has 0 aromatic rings. The third-order valence-electron chi connectivity index (χ3n) is 2.12. The van der Waals surface area contributed by atoms with Crippen LogP contribution in [0.4, 0.5) is 18.0 Å². The highest BCUT2D eigenvalue weighted by Crippen LogP contribution is 2.13. The number of carbonyl (C=O) groups is 1. The number of rotatable bonds is 1. The lowest BCUT2D eigenvalue weighted by atomic mass is 10.1. The predicted molar refractivity (Wildman–Crippen MR) is 46.3 cm³/mol. The zero-order chi connectivity index (χ0) is 11.5. The van der Waals surface area contributed by atoms with Crippen LogP contribution in [0.15, 0.2) is 0 Å². The number of likely N-dealkylation sites (tertiary alicyclic amines) is 1. The van der Waals surface area contributed by atoms with Crippen LogP contribution >= 0.6 is 0 Å². The number of halogens is 3. The van der Waals surface area contributed by atoms with Crippen molar-refractivity contribution in [2.75, 3.05) is 19.6 Å². The third kappa shape index (κ3) is 4.37. The summed E-state index contributed by atoms with van der Waals surface area (Å²) in [6.07, 6.45) is -3.83. The molecule has 1 heterocycles. The molecule has 0 bridgehead atoms. The van der Waals surface area contributed by atoms with Crippen molar-refractivity contribution in [1.82, 2.24) is 10.2 Å². The van der Waals surface area contributed by atoms with Gasteiger partial charge in [-0.25, -0.2) is 4.79 Å². The van der Waals surface area contributed by atoms with E-state index in [2.05, 4.69) is 0 Å². The molecule has 0 aromatic carbocycles. The number of β-amino-alcohol motifs (C(OH)–C–C–N with tert-alkyl or cyclic N) is 1. The molecule has 1 unspecified atom stereocenters. The van der Waals surface area contributed by atoms with Gasteiger partial charge in [0.05, 0.1) is 6.10 Å². The molecule has 0 radical (unpaired) electrons. The van der Waals surface area contributed by atoms with E-state index in [0.29, 0.717) is 19.4 Å². The van der Waals surface area contributed by atoms with Crippen molar-refractivity contribution < 1.29 is 23.1 Å². The highest BCUT2D eigenvalue weighted by molar-refractivity contribution is 5.74. The molecule has 2 N–H and O–H groups in total. The van der Waals surface area contributed by atoms with Gasteiger partial charge in [-0.15, -0.1) is 0 Å². The Bertz CT molecular complexity index is 232. The molecule has 0 aliphatic carbocycles. The summed E-state index contributed by atoms with van der Waals surface area (Å²) < 4.78 is 35.3. The van der Waals surface area contributed by atoms with Crippen molar-refractivity contribution in [3.05, 3.63) is 0 Å². The predicted octanol–water partition coefficient (Wildman–Crippen LogP) is 0.715. The first-order valence-electron chi connectivity index (χ1n) is 4.66. The average molecular weight is 226 g/mol. The highest BCUT2D eigenvalue weighted by atomic mass is 19.4. The van der Waals surface area contributed by atoms with Crippen LogP contribution in [-0.2, 0) is 0 Å². The quantitative estimate of drug-likeness (QED) is 0.692. The standard InChI is InChI=1S/C8H13F3N2O2/c9-8(10,11)5-12-7(15)13-3-1-2-6(14)4-13/h6,14H,1-5H2,(H,12,15). The largest absolute Gasteiger partial charge is 0.405 e. The number of hydrogen-bond acceptors (Lipinski definition) is 2. The molecular weight excluding hydrogens is 213 g/mol. The second kappa shape index (κ2) is 4.69. The number of nitrogens with zero attached hydrogens (tertiary/aromatic N) is 1. The van der Waals surface area contributed by atoms with Crippen LogP contribution in [-0.4, -0.2) is 48.0 Å². The van der Waals surface area contributed by atoms with E-state index in [1.54, 1.807) is 5.32 Å². The molecule has 88 valence electrons. The molecule has 7 heteroatoms. The van der Waals surface area contributed by atoms with Crippen molar-refractivity contribution >= 4 is 6.03 Å². The average Bonchev–Trinajstić information content (AvgIpc) is 2.13. The minimum atomic E-state index is -4.40. The van der Waals surface area contributed by atoms with Crippen LogP contribution in [0.5, 0.6) is 0 Å². The normalized spacial score (nSPS) is 22.7. The Labute approximate surface area is 85.1 Å². The Morgan fingerprint density at radius 2 is 2.20 bits per heavy atom. The fourth-order valence-corrected chi connectivity index (χ4v) is 1.43. The van der Waals surface area contributed by atoms with E-state index in [4.69, 9.17) is 0 Å². The third-order valence-corrected chi connectivity index (χ3v) is 2.12. The lowest BCUT2D eigenvalue weighted by molar-refractivity contribution is -0.123. The van der Waals surface area contributed by atoms with Gasteiger partial charge in [0.1, 0.15) is 6.54 Å². The Morgan fingerprint density at radius 3 is 2.73 bits per heavy atom. The Kier molecular flexibility index (Phi) is 3.78. The van der Waals surface area contributed by atoms with E-state index in [9.17, 15) is 23.1 Å². The van der Waals surface area contributed by atoms with Gasteiger partial charge in [0, 0.05) is 13.1 Å². The van der Waals surface area contributed by atoms with Gasteiger partial charge >= 0.3 is 12.2 Å². The van der Waals surface area contributed by atoms with E-state index in [1.807, 2.05) is 0 Å². The van der Waals surface area contributed by atoms with Gasteiger partial charge < -0.3 is 15.3 Å². The van der Waals surface area contributed by atoms with Crippen LogP contribution in [0.2, 0.25) is 0 Å². The van der Waals surface area contributed by atoms with Crippen molar-refractivity contribution in [3.8, 4) is 0 Å². The number of nitrogens with one attached hydrogen (secondary N) is 1. The SMILES string of the molecule is O=C(NCC(F)(F)F)N1CCCC(O)C1. The zero-order valence-corrected chi connectivity index (χ0v) is 8.05. The molecule has 1 saturated heterocycles. The van der Waals surface area contributed by atoms with Crippen LogP contribution in [0, 0.1) is 0 Å². The summed E-state index contributed by atoms with van der Waals surface area (Å²) in [5, 5.41) is 11.0. The monoisotopic (exact) mass is 226 g/mol. The first-order valence-corrected chi connectivity index (χ1v) is 4.66. The fraction of sp³-hybridized carbons (Fsp3) is 0.875. The number of piperidine rings is 1. The summed E-state index contributed by atoms with van der Waals surface area (Å²) in [6, 6.07) is -0.772. The van der Waals surface area contributed by atoms with Gasteiger partial charge in [-0.3, -0.25) is 0 Å². The molecule has 0 spiro atoms. The maximum absolute atomic E-state index is 11.8. The van der Waals surface area contributed by atoms with Crippen LogP contribution < -0.4 is 5.32 Å². The second-order valence-electron chi connectivity index (χ2n) is 3.52. The topological polar surface area (TPSA) is 52.6 Å². The maximum atomic E-state index is 11.8. The van der Waals surface area contributed by atoms with Gasteiger partial charge in [-0.1, -0.05) is 0 Å². The Balaban J connectivity index is 2.33. The summed E-state index contributed by atoms with van der Waals surface area (Å²) in [5.41, 5.74) is 0. The summed E-state index contributed by atoms with van der Waals surface area (Å²) in [4.78, 5) is 12.4. The van der Waals surface area contributed by atoms with Crippen LogP contribution in [0.25, 0.3) is 0 Å². The van der Waals surface area contributed by atoms with E-state index in [1.165, 1.54) is 4.90 Å². The minimum absolute atomic E-state index is 0.101. The Morgan fingerprint density at radius 1 is 1.53 bits per heavy atom. The van der Waals surface area contributed by atoms with Gasteiger partial charge in [0.15, 0.2) is 0 Å². The van der Waals surface area contributed by atoms with Crippen LogP contribution in [0.3, 0.4) is 0 Å². The minimum Gasteiger partial charge on any atom is -0.391 e. The van der Waals surface area contributed by atoms with E-state index in [0.717, 1.165) is 0 Å². The van der Waals surface area contributed by atoms with Crippen LogP contribution in [0.1, 0.15) is 12.8 Å². The molecule has 1 aliphatic rings. The number of alkyl halides is 3. The first kappa shape index (κ1) is 12.1. The van der Waals surface area contributed by atoms with E-state index >= 15 is 0 Å². The number of aliphatic hydroxyl groups excluding tert-OH is 1. The van der Waals surface area contributed by atoms with Gasteiger partial charge in [-0.2, -0.15) is 13.2 Å². The van der Waals surface area contributed by atoms with Gasteiger partial charge in [-0.05, 0) is 12.8 Å². The molecule has 0 saturated carbocycles. The number of hydrogen-bond donors (Lipinski definition) is 2. The van der Waals surface area contributed by atoms with Crippen molar-refractivity contribution in [2.45, 2.75) is 25.1 Å². The number of aliphatic hydroxyl groups is 1. The molecular formula is C8H13F3N2O2. The van der Waals surface area contributed by atoms with E-state index in [-0.39, 0.29) is 6.54 Å². The summed E-state index contributed by atoms with van der Waals surface area (Å²) in [5.74, 6) is 0. The van der Waals surface area contributed by atoms with Gasteiger partial charge in [0.2, 0.25) is 0 Å². The summed E-state index contributed by atoms with van der Waals surface area (Å²) >= 11 is 0. The van der Waals surface area contributed by atoms with Crippen molar-refractivity contribution in [3.63, 3.8) is 0 Å².